The molecular weight excluding hydrogens is 204 g/mol. The topological polar surface area (TPSA) is 55.0 Å². The first kappa shape index (κ1) is 9.15. The maximum absolute atomic E-state index is 12.0. The number of aromatic amines is 1. The molecule has 0 spiro atoms. The summed E-state index contributed by atoms with van der Waals surface area (Å²) in [4.78, 5) is 12.0. The van der Waals surface area contributed by atoms with Crippen LogP contribution >= 0.6 is 0 Å². The molecular formula is C12H10N2O2. The highest BCUT2D eigenvalue weighted by Crippen LogP contribution is 2.26. The van der Waals surface area contributed by atoms with Gasteiger partial charge in [0.2, 0.25) is 5.78 Å². The molecule has 0 atom stereocenters. The highest BCUT2D eigenvalue weighted by molar-refractivity contribution is 6.07. The van der Waals surface area contributed by atoms with Crippen LogP contribution in [0, 0.1) is 0 Å². The number of nitrogens with zero attached hydrogens (tertiary/aromatic N) is 1. The van der Waals surface area contributed by atoms with E-state index in [0.717, 1.165) is 17.7 Å². The van der Waals surface area contributed by atoms with E-state index in [9.17, 15) is 4.79 Å². The summed E-state index contributed by atoms with van der Waals surface area (Å²) >= 11 is 0. The van der Waals surface area contributed by atoms with Crippen molar-refractivity contribution in [2.45, 2.75) is 6.42 Å². The van der Waals surface area contributed by atoms with Gasteiger partial charge >= 0.3 is 0 Å². The first-order valence-electron chi connectivity index (χ1n) is 5.14. The van der Waals surface area contributed by atoms with Gasteiger partial charge in [-0.05, 0) is 29.8 Å². The zero-order chi connectivity index (χ0) is 11.0. The lowest BCUT2D eigenvalue weighted by atomic mass is 10.0. The van der Waals surface area contributed by atoms with Crippen LogP contribution in [0.15, 0.2) is 30.5 Å². The summed E-state index contributed by atoms with van der Waals surface area (Å²) in [5, 5.41) is 6.44. The molecule has 0 saturated carbocycles. The number of hydrogen-bond acceptors (Lipinski definition) is 3. The minimum atomic E-state index is -0.0350. The van der Waals surface area contributed by atoms with Gasteiger partial charge in [0, 0.05) is 18.2 Å². The van der Waals surface area contributed by atoms with E-state index in [1.807, 2.05) is 12.1 Å². The van der Waals surface area contributed by atoms with E-state index in [0.29, 0.717) is 17.9 Å². The van der Waals surface area contributed by atoms with E-state index >= 15 is 0 Å². The van der Waals surface area contributed by atoms with Crippen molar-refractivity contribution in [3.63, 3.8) is 0 Å². The number of nitrogens with one attached hydrogen (secondary N) is 1. The van der Waals surface area contributed by atoms with Gasteiger partial charge in [-0.15, -0.1) is 0 Å². The third-order valence-corrected chi connectivity index (χ3v) is 2.70. The summed E-state index contributed by atoms with van der Waals surface area (Å²) < 4.78 is 5.39. The Morgan fingerprint density at radius 3 is 3.12 bits per heavy atom. The number of rotatable bonds is 2. The number of hydrogen-bond donors (Lipinski definition) is 1. The summed E-state index contributed by atoms with van der Waals surface area (Å²) in [6.07, 6.45) is 2.45. The van der Waals surface area contributed by atoms with Crippen LogP contribution in [-0.2, 0) is 6.42 Å². The quantitative estimate of drug-likeness (QED) is 0.772. The minimum Gasteiger partial charge on any atom is -0.493 e. The lowest BCUT2D eigenvalue weighted by Gasteiger charge is -2.01. The average molecular weight is 214 g/mol. The molecule has 0 fully saturated rings. The Labute approximate surface area is 92.2 Å². The highest BCUT2D eigenvalue weighted by atomic mass is 16.5. The summed E-state index contributed by atoms with van der Waals surface area (Å²) in [7, 11) is 0. The van der Waals surface area contributed by atoms with Gasteiger partial charge in [0.25, 0.3) is 0 Å². The number of ether oxygens (including phenoxy) is 1. The van der Waals surface area contributed by atoms with Gasteiger partial charge in [-0.25, -0.2) is 0 Å². The SMILES string of the molecule is O=C(c1ccc2c(c1)CCO2)c1ccn[nH]1. The Hall–Kier alpha value is -2.10. The number of H-pyrrole nitrogens is 1. The summed E-state index contributed by atoms with van der Waals surface area (Å²) in [6, 6.07) is 7.21. The highest BCUT2D eigenvalue weighted by Gasteiger charge is 2.16. The third kappa shape index (κ3) is 1.39. The maximum atomic E-state index is 12.0. The Morgan fingerprint density at radius 2 is 2.31 bits per heavy atom. The second-order valence-corrected chi connectivity index (χ2v) is 3.72. The van der Waals surface area contributed by atoms with Crippen LogP contribution in [0.1, 0.15) is 21.6 Å². The molecule has 0 unspecified atom stereocenters. The first-order valence-corrected chi connectivity index (χ1v) is 5.14. The molecule has 1 aromatic carbocycles. The van der Waals surface area contributed by atoms with E-state index in [1.54, 1.807) is 18.3 Å². The third-order valence-electron chi connectivity index (χ3n) is 2.70. The Bertz CT molecular complexity index is 532. The van der Waals surface area contributed by atoms with Crippen molar-refractivity contribution in [2.75, 3.05) is 6.61 Å². The molecule has 0 saturated heterocycles. The molecule has 80 valence electrons. The normalized spacial score (nSPS) is 13.2. The van der Waals surface area contributed by atoms with Crippen LogP contribution in [0.5, 0.6) is 5.75 Å². The standard InChI is InChI=1S/C12H10N2O2/c15-12(10-3-5-13-14-10)9-1-2-11-8(7-9)4-6-16-11/h1-3,5,7H,4,6H2,(H,13,14). The number of fused-ring (bicyclic) bond motifs is 1. The molecule has 0 radical (unpaired) electrons. The van der Waals surface area contributed by atoms with E-state index in [-0.39, 0.29) is 5.78 Å². The second-order valence-electron chi connectivity index (χ2n) is 3.72. The molecule has 1 aliphatic rings. The van der Waals surface area contributed by atoms with Crippen molar-refractivity contribution in [1.29, 1.82) is 0 Å². The van der Waals surface area contributed by atoms with E-state index in [4.69, 9.17) is 4.74 Å². The molecule has 0 bridgehead atoms. The van der Waals surface area contributed by atoms with Crippen LogP contribution in [-0.4, -0.2) is 22.6 Å². The molecule has 4 heteroatoms. The largest absolute Gasteiger partial charge is 0.493 e. The molecule has 16 heavy (non-hydrogen) atoms. The number of ketones is 1. The Morgan fingerprint density at radius 1 is 1.38 bits per heavy atom. The Kier molecular flexibility index (Phi) is 1.99. The lowest BCUT2D eigenvalue weighted by Crippen LogP contribution is -2.02. The molecule has 3 rings (SSSR count). The molecule has 4 nitrogen and oxygen atoms in total. The van der Waals surface area contributed by atoms with Crippen molar-refractivity contribution < 1.29 is 9.53 Å². The zero-order valence-electron chi connectivity index (χ0n) is 8.56. The summed E-state index contributed by atoms with van der Waals surface area (Å²) in [6.45, 7) is 0.705. The van der Waals surface area contributed by atoms with Crippen LogP contribution in [0.3, 0.4) is 0 Å². The predicted octanol–water partition coefficient (Wildman–Crippen LogP) is 1.58. The smallest absolute Gasteiger partial charge is 0.210 e. The van der Waals surface area contributed by atoms with Crippen molar-refractivity contribution in [2.24, 2.45) is 0 Å². The van der Waals surface area contributed by atoms with Crippen molar-refractivity contribution >= 4 is 5.78 Å². The van der Waals surface area contributed by atoms with Crippen molar-refractivity contribution in [3.05, 3.63) is 47.3 Å². The fourth-order valence-electron chi connectivity index (χ4n) is 1.87. The van der Waals surface area contributed by atoms with Crippen molar-refractivity contribution in [1.82, 2.24) is 10.2 Å². The Balaban J connectivity index is 1.99. The number of carbonyl (C=O) groups excluding carboxylic acids is 1. The molecule has 0 aliphatic carbocycles. The van der Waals surface area contributed by atoms with Crippen molar-refractivity contribution in [3.8, 4) is 5.75 Å². The van der Waals surface area contributed by atoms with Crippen LogP contribution in [0.2, 0.25) is 0 Å². The second kappa shape index (κ2) is 3.48. The minimum absolute atomic E-state index is 0.0350. The van der Waals surface area contributed by atoms with E-state index < -0.39 is 0 Å². The predicted molar refractivity (Wildman–Crippen MR) is 57.7 cm³/mol. The number of benzene rings is 1. The molecule has 1 aliphatic heterocycles. The lowest BCUT2D eigenvalue weighted by molar-refractivity contribution is 0.103. The molecule has 2 aromatic rings. The van der Waals surface area contributed by atoms with Gasteiger partial charge in [0.1, 0.15) is 11.4 Å². The maximum Gasteiger partial charge on any atom is 0.210 e. The van der Waals surface area contributed by atoms with Crippen LogP contribution in [0.4, 0.5) is 0 Å². The van der Waals surface area contributed by atoms with Crippen LogP contribution < -0.4 is 4.74 Å². The number of carbonyl (C=O) groups is 1. The van der Waals surface area contributed by atoms with Crippen LogP contribution in [0.25, 0.3) is 0 Å². The molecule has 0 amide bonds. The van der Waals surface area contributed by atoms with Gasteiger partial charge in [-0.2, -0.15) is 5.10 Å². The van der Waals surface area contributed by atoms with Gasteiger partial charge in [0.15, 0.2) is 0 Å². The fourth-order valence-corrected chi connectivity index (χ4v) is 1.87. The monoisotopic (exact) mass is 214 g/mol. The van der Waals surface area contributed by atoms with Gasteiger partial charge in [0.05, 0.1) is 6.61 Å². The van der Waals surface area contributed by atoms with Gasteiger partial charge in [-0.1, -0.05) is 0 Å². The number of aromatic nitrogens is 2. The fraction of sp³-hybridized carbons (Fsp3) is 0.167. The molecule has 2 heterocycles. The average Bonchev–Trinajstić information content (AvgIpc) is 2.98. The summed E-state index contributed by atoms with van der Waals surface area (Å²) in [5.74, 6) is 0.855. The van der Waals surface area contributed by atoms with E-state index in [1.165, 1.54) is 0 Å². The zero-order valence-corrected chi connectivity index (χ0v) is 8.56. The van der Waals surface area contributed by atoms with Gasteiger partial charge < -0.3 is 4.74 Å². The first-order chi connectivity index (χ1) is 7.84. The molecule has 1 N–H and O–H groups in total. The summed E-state index contributed by atoms with van der Waals surface area (Å²) in [5.41, 5.74) is 2.29. The van der Waals surface area contributed by atoms with Gasteiger partial charge in [-0.3, -0.25) is 9.89 Å². The van der Waals surface area contributed by atoms with E-state index in [2.05, 4.69) is 10.2 Å². The molecule has 1 aromatic heterocycles.